The molecule has 0 aromatic heterocycles. The van der Waals surface area contributed by atoms with Crippen molar-refractivity contribution in [3.8, 4) is 0 Å². The van der Waals surface area contributed by atoms with Crippen LogP contribution in [0.3, 0.4) is 0 Å². The van der Waals surface area contributed by atoms with Gasteiger partial charge in [-0.25, -0.2) is 0 Å². The molecule has 0 bridgehead atoms. The molecule has 0 radical (unpaired) electrons. The molecule has 74 heavy (non-hydrogen) atoms. The summed E-state index contributed by atoms with van der Waals surface area (Å²) in [5, 5.41) is 0. The van der Waals surface area contributed by atoms with Gasteiger partial charge in [0.2, 0.25) is 0 Å². The van der Waals surface area contributed by atoms with E-state index in [9.17, 15) is 14.4 Å². The monoisotopic (exact) mass is 1030 g/mol. The smallest absolute Gasteiger partial charge is 0.306 e. The minimum absolute atomic E-state index is 0.0911. The van der Waals surface area contributed by atoms with Crippen LogP contribution in [0.25, 0.3) is 0 Å². The lowest BCUT2D eigenvalue weighted by molar-refractivity contribution is -0.167. The number of carbonyl (C=O) groups excluding carboxylic acids is 3. The highest BCUT2D eigenvalue weighted by Gasteiger charge is 2.19. The molecule has 0 aliphatic rings. The molecule has 0 rings (SSSR count). The molecular formula is C68H114O6. The summed E-state index contributed by atoms with van der Waals surface area (Å²) in [6.07, 6.45) is 83.6. The van der Waals surface area contributed by atoms with Crippen LogP contribution in [0.4, 0.5) is 0 Å². The molecule has 0 N–H and O–H groups in total. The Kier molecular flexibility index (Phi) is 58.3. The summed E-state index contributed by atoms with van der Waals surface area (Å²) in [5.74, 6) is -0.917. The lowest BCUT2D eigenvalue weighted by Crippen LogP contribution is -2.30. The maximum Gasteiger partial charge on any atom is 0.306 e. The second-order valence-corrected chi connectivity index (χ2v) is 20.2. The Morgan fingerprint density at radius 3 is 0.865 bits per heavy atom. The van der Waals surface area contributed by atoms with E-state index in [0.29, 0.717) is 19.3 Å². The fourth-order valence-corrected chi connectivity index (χ4v) is 8.34. The number of unbranched alkanes of at least 4 members (excludes halogenated alkanes) is 26. The molecule has 422 valence electrons. The van der Waals surface area contributed by atoms with Crippen molar-refractivity contribution in [2.75, 3.05) is 13.2 Å². The van der Waals surface area contributed by atoms with Crippen molar-refractivity contribution in [2.24, 2.45) is 0 Å². The number of hydrogen-bond acceptors (Lipinski definition) is 6. The van der Waals surface area contributed by atoms with Gasteiger partial charge >= 0.3 is 17.9 Å². The van der Waals surface area contributed by atoms with Gasteiger partial charge < -0.3 is 14.2 Å². The first-order valence-corrected chi connectivity index (χ1v) is 30.9. The molecule has 0 spiro atoms. The molecule has 0 aliphatic carbocycles. The van der Waals surface area contributed by atoms with Gasteiger partial charge in [-0.1, -0.05) is 252 Å². The number of allylic oxidation sites excluding steroid dienone is 18. The van der Waals surface area contributed by atoms with Crippen LogP contribution in [-0.2, 0) is 28.6 Å². The van der Waals surface area contributed by atoms with Gasteiger partial charge in [0.05, 0.1) is 0 Å². The van der Waals surface area contributed by atoms with Crippen molar-refractivity contribution < 1.29 is 28.6 Å². The van der Waals surface area contributed by atoms with Gasteiger partial charge in [0, 0.05) is 19.3 Å². The summed E-state index contributed by atoms with van der Waals surface area (Å²) in [6, 6.07) is 0. The first-order valence-electron chi connectivity index (χ1n) is 30.9. The Hall–Kier alpha value is -3.93. The largest absolute Gasteiger partial charge is 0.462 e. The predicted molar refractivity (Wildman–Crippen MR) is 320 cm³/mol. The second-order valence-electron chi connectivity index (χ2n) is 20.2. The van der Waals surface area contributed by atoms with Crippen LogP contribution < -0.4 is 0 Å². The third-order valence-electron chi connectivity index (χ3n) is 13.0. The molecule has 0 aliphatic heterocycles. The standard InChI is InChI=1S/C68H114O6/c1-4-7-10-13-16-19-22-25-28-30-32-33-34-35-37-38-40-43-46-49-52-55-58-61-67(70)73-64-65(63-72-66(69)60-57-54-51-48-45-42-27-24-21-18-15-12-9-6-3)74-68(71)62-59-56-53-50-47-44-41-39-36-31-29-26-23-20-17-14-11-8-5-2/h7,10,15-20,24-29,32-33,36,39,65H,4-6,8-9,11-14,21-23,30-31,34-35,37-38,40-64H2,1-3H3/b10-7-,18-15-,19-16-,20-17-,27-24-,28-25-,29-26-,33-32-,39-36-. The Balaban J connectivity index is 4.40. The van der Waals surface area contributed by atoms with Crippen LogP contribution in [0.1, 0.15) is 284 Å². The lowest BCUT2D eigenvalue weighted by atomic mass is 10.1. The first kappa shape index (κ1) is 70.1. The lowest BCUT2D eigenvalue weighted by Gasteiger charge is -2.18. The average molecular weight is 1030 g/mol. The zero-order valence-corrected chi connectivity index (χ0v) is 48.3. The SMILES string of the molecule is CC/C=C\C/C=C\C/C=C\C/C=C\CCCCCCCCCCCCC(=O)OCC(COC(=O)CCCCCCC/C=C\C/C=C\CCCC)OC(=O)CCCCCCCC/C=C\C/C=C\C/C=C\CCCCC. The predicted octanol–water partition coefficient (Wildman–Crippen LogP) is 21.0. The second kappa shape index (κ2) is 61.6. The summed E-state index contributed by atoms with van der Waals surface area (Å²) < 4.78 is 16.9. The Morgan fingerprint density at radius 1 is 0.284 bits per heavy atom. The molecule has 1 unspecified atom stereocenters. The minimum atomic E-state index is -0.796. The van der Waals surface area contributed by atoms with Gasteiger partial charge in [0.1, 0.15) is 13.2 Å². The van der Waals surface area contributed by atoms with Crippen LogP contribution in [0.5, 0.6) is 0 Å². The van der Waals surface area contributed by atoms with Crippen LogP contribution in [0.15, 0.2) is 109 Å². The van der Waals surface area contributed by atoms with E-state index in [-0.39, 0.29) is 31.1 Å². The summed E-state index contributed by atoms with van der Waals surface area (Å²) >= 11 is 0. The molecule has 6 heteroatoms. The topological polar surface area (TPSA) is 78.9 Å². The van der Waals surface area contributed by atoms with Gasteiger partial charge in [0.15, 0.2) is 6.10 Å². The highest BCUT2D eigenvalue weighted by molar-refractivity contribution is 5.71. The molecule has 0 saturated carbocycles. The summed E-state index contributed by atoms with van der Waals surface area (Å²) in [5.41, 5.74) is 0. The maximum atomic E-state index is 12.9. The van der Waals surface area contributed by atoms with Gasteiger partial charge in [-0.05, 0) is 122 Å². The van der Waals surface area contributed by atoms with Crippen LogP contribution >= 0.6 is 0 Å². The van der Waals surface area contributed by atoms with Crippen molar-refractivity contribution in [3.63, 3.8) is 0 Å². The Morgan fingerprint density at radius 2 is 0.541 bits per heavy atom. The molecular weight excluding hydrogens is 913 g/mol. The number of rotatable bonds is 55. The summed E-state index contributed by atoms with van der Waals surface area (Å²) in [7, 11) is 0. The Bertz CT molecular complexity index is 1510. The van der Waals surface area contributed by atoms with E-state index in [1.165, 1.54) is 109 Å². The zero-order valence-electron chi connectivity index (χ0n) is 48.3. The van der Waals surface area contributed by atoms with Gasteiger partial charge in [-0.15, -0.1) is 0 Å². The molecule has 0 amide bonds. The average Bonchev–Trinajstić information content (AvgIpc) is 3.40. The highest BCUT2D eigenvalue weighted by Crippen LogP contribution is 2.15. The van der Waals surface area contributed by atoms with Crippen molar-refractivity contribution in [3.05, 3.63) is 109 Å². The number of hydrogen-bond donors (Lipinski definition) is 0. The maximum absolute atomic E-state index is 12.9. The van der Waals surface area contributed by atoms with Gasteiger partial charge in [-0.3, -0.25) is 14.4 Å². The molecule has 0 heterocycles. The summed E-state index contributed by atoms with van der Waals surface area (Å²) in [4.78, 5) is 38.3. The van der Waals surface area contributed by atoms with E-state index in [1.807, 2.05) is 0 Å². The number of ether oxygens (including phenoxy) is 3. The molecule has 0 saturated heterocycles. The third kappa shape index (κ3) is 59.0. The number of carbonyl (C=O) groups is 3. The van der Waals surface area contributed by atoms with E-state index in [0.717, 1.165) is 135 Å². The first-order chi connectivity index (χ1) is 36.5. The van der Waals surface area contributed by atoms with Crippen LogP contribution in [0, 0.1) is 0 Å². The van der Waals surface area contributed by atoms with Crippen LogP contribution in [0.2, 0.25) is 0 Å². The van der Waals surface area contributed by atoms with E-state index >= 15 is 0 Å². The number of esters is 3. The normalized spacial score (nSPS) is 12.9. The third-order valence-corrected chi connectivity index (χ3v) is 13.0. The van der Waals surface area contributed by atoms with Crippen molar-refractivity contribution in [1.29, 1.82) is 0 Å². The highest BCUT2D eigenvalue weighted by atomic mass is 16.6. The minimum Gasteiger partial charge on any atom is -0.462 e. The van der Waals surface area contributed by atoms with Crippen molar-refractivity contribution >= 4 is 17.9 Å². The van der Waals surface area contributed by atoms with Crippen molar-refractivity contribution in [2.45, 2.75) is 290 Å². The fourth-order valence-electron chi connectivity index (χ4n) is 8.34. The Labute approximate surface area is 457 Å². The fraction of sp³-hybridized carbons (Fsp3) is 0.691. The van der Waals surface area contributed by atoms with E-state index < -0.39 is 6.10 Å². The molecule has 0 aromatic carbocycles. The van der Waals surface area contributed by atoms with E-state index in [1.54, 1.807) is 0 Å². The van der Waals surface area contributed by atoms with E-state index in [4.69, 9.17) is 14.2 Å². The van der Waals surface area contributed by atoms with Crippen molar-refractivity contribution in [1.82, 2.24) is 0 Å². The zero-order chi connectivity index (χ0) is 53.6. The van der Waals surface area contributed by atoms with Gasteiger partial charge in [-0.2, -0.15) is 0 Å². The molecule has 0 fully saturated rings. The molecule has 1 atom stereocenters. The van der Waals surface area contributed by atoms with Crippen LogP contribution in [-0.4, -0.2) is 37.2 Å². The molecule has 0 aromatic rings. The summed E-state index contributed by atoms with van der Waals surface area (Å²) in [6.45, 7) is 6.45. The molecule has 6 nitrogen and oxygen atoms in total. The quantitative estimate of drug-likeness (QED) is 0.0261. The van der Waals surface area contributed by atoms with E-state index in [2.05, 4.69) is 130 Å². The van der Waals surface area contributed by atoms with Gasteiger partial charge in [0.25, 0.3) is 0 Å².